The van der Waals surface area contributed by atoms with E-state index in [1.165, 1.54) is 0 Å². The van der Waals surface area contributed by atoms with Gasteiger partial charge in [0.2, 0.25) is 5.95 Å². The lowest BCUT2D eigenvalue weighted by Gasteiger charge is -2.35. The molecule has 8 nitrogen and oxygen atoms in total. The Balaban J connectivity index is 1.28. The highest BCUT2D eigenvalue weighted by Crippen LogP contribution is 2.37. The first-order chi connectivity index (χ1) is 16.4. The summed E-state index contributed by atoms with van der Waals surface area (Å²) in [5.74, 6) is -1.62. The lowest BCUT2D eigenvalue weighted by molar-refractivity contribution is 0.264. The quantitative estimate of drug-likeness (QED) is 0.578. The van der Waals surface area contributed by atoms with E-state index in [1.54, 1.807) is 24.5 Å². The molecule has 4 heterocycles. The number of aryl methyl sites for hydroxylation is 1. The Morgan fingerprint density at radius 3 is 2.47 bits per heavy atom. The maximum Gasteiger partial charge on any atom is 0.225 e. The third-order valence-electron chi connectivity index (χ3n) is 6.27. The van der Waals surface area contributed by atoms with Gasteiger partial charge in [0.1, 0.15) is 18.8 Å². The van der Waals surface area contributed by atoms with Crippen LogP contribution in [0.25, 0.3) is 0 Å². The summed E-state index contributed by atoms with van der Waals surface area (Å²) in [6, 6.07) is 3.61. The number of piperidine rings is 1. The van der Waals surface area contributed by atoms with Gasteiger partial charge < -0.3 is 19.9 Å². The first-order valence-corrected chi connectivity index (χ1v) is 11.1. The molecule has 1 unspecified atom stereocenters. The summed E-state index contributed by atoms with van der Waals surface area (Å²) >= 11 is 0. The molecule has 11 heteroatoms. The lowest BCUT2D eigenvalue weighted by atomic mass is 10.0. The van der Waals surface area contributed by atoms with Crippen LogP contribution in [-0.2, 0) is 0 Å². The Morgan fingerprint density at radius 2 is 1.76 bits per heavy atom. The second kappa shape index (κ2) is 8.96. The standard InChI is InChI=1S/C23H24F3N7O/c1-13-7-20(29-12-28-13)33-5-3-15(4-6-33)30-23-27-10-19-22(31-23)32(2)18(11-34-19)14-8-16(24)21(26)17(25)9-14/h7-10,12,15,18H,3-6,11H2,1-2H3,(H,27,30,31). The molecule has 3 aromatic rings. The fourth-order valence-electron chi connectivity index (χ4n) is 4.35. The minimum absolute atomic E-state index is 0.130. The van der Waals surface area contributed by atoms with Crippen molar-refractivity contribution in [3.05, 3.63) is 59.4 Å². The first-order valence-electron chi connectivity index (χ1n) is 11.1. The summed E-state index contributed by atoms with van der Waals surface area (Å²) in [6.07, 6.45) is 4.93. The van der Waals surface area contributed by atoms with Crippen LogP contribution in [0.5, 0.6) is 5.75 Å². The number of hydrogen-bond acceptors (Lipinski definition) is 8. The number of rotatable bonds is 4. The van der Waals surface area contributed by atoms with Crippen molar-refractivity contribution >= 4 is 17.6 Å². The van der Waals surface area contributed by atoms with Crippen molar-refractivity contribution in [2.75, 3.05) is 41.9 Å². The largest absolute Gasteiger partial charge is 0.486 e. The van der Waals surface area contributed by atoms with E-state index in [0.717, 1.165) is 49.6 Å². The SMILES string of the molecule is Cc1cc(N2CCC(Nc3ncc4c(n3)N(C)C(c3cc(F)c(F)c(F)c3)CO4)CC2)ncn1. The minimum Gasteiger partial charge on any atom is -0.486 e. The fourth-order valence-corrected chi connectivity index (χ4v) is 4.35. The van der Waals surface area contributed by atoms with Crippen LogP contribution in [0.3, 0.4) is 0 Å². The minimum atomic E-state index is -1.49. The van der Waals surface area contributed by atoms with Gasteiger partial charge in [-0.05, 0) is 37.5 Å². The van der Waals surface area contributed by atoms with Crippen molar-refractivity contribution in [2.45, 2.75) is 31.8 Å². The first kappa shape index (κ1) is 22.2. The Morgan fingerprint density at radius 1 is 1.03 bits per heavy atom. The van der Waals surface area contributed by atoms with Crippen molar-refractivity contribution in [1.82, 2.24) is 19.9 Å². The predicted molar refractivity (Wildman–Crippen MR) is 121 cm³/mol. The number of nitrogens with zero attached hydrogens (tertiary/aromatic N) is 6. The van der Waals surface area contributed by atoms with Gasteiger partial charge in [0.15, 0.2) is 29.0 Å². The van der Waals surface area contributed by atoms with Crippen molar-refractivity contribution < 1.29 is 17.9 Å². The monoisotopic (exact) mass is 471 g/mol. The van der Waals surface area contributed by atoms with Gasteiger partial charge in [-0.2, -0.15) is 4.98 Å². The Hall–Kier alpha value is -3.63. The molecule has 34 heavy (non-hydrogen) atoms. The van der Waals surface area contributed by atoms with Gasteiger partial charge in [-0.3, -0.25) is 0 Å². The normalized spacial score (nSPS) is 18.4. The van der Waals surface area contributed by atoms with Crippen LogP contribution in [0.1, 0.15) is 30.1 Å². The molecule has 1 aromatic carbocycles. The topological polar surface area (TPSA) is 79.3 Å². The molecule has 1 N–H and O–H groups in total. The highest BCUT2D eigenvalue weighted by molar-refractivity contribution is 5.57. The average Bonchev–Trinajstić information content (AvgIpc) is 2.83. The summed E-state index contributed by atoms with van der Waals surface area (Å²) in [6.45, 7) is 3.75. The maximum atomic E-state index is 13.8. The smallest absolute Gasteiger partial charge is 0.225 e. The van der Waals surface area contributed by atoms with Gasteiger partial charge in [-0.15, -0.1) is 0 Å². The van der Waals surface area contributed by atoms with E-state index >= 15 is 0 Å². The van der Waals surface area contributed by atoms with Crippen LogP contribution in [0.4, 0.5) is 30.8 Å². The van der Waals surface area contributed by atoms with Gasteiger partial charge in [-0.25, -0.2) is 28.1 Å². The van der Waals surface area contributed by atoms with Gasteiger partial charge >= 0.3 is 0 Å². The van der Waals surface area contributed by atoms with Gasteiger partial charge in [-0.1, -0.05) is 0 Å². The molecule has 1 saturated heterocycles. The van der Waals surface area contributed by atoms with Crippen LogP contribution in [0.2, 0.25) is 0 Å². The highest BCUT2D eigenvalue weighted by atomic mass is 19.2. The third kappa shape index (κ3) is 4.29. The lowest BCUT2D eigenvalue weighted by Crippen LogP contribution is -2.40. The van der Waals surface area contributed by atoms with E-state index in [0.29, 0.717) is 17.5 Å². The molecular weight excluding hydrogens is 447 g/mol. The van der Waals surface area contributed by atoms with Crippen molar-refractivity contribution in [3.63, 3.8) is 0 Å². The van der Waals surface area contributed by atoms with Crippen molar-refractivity contribution in [1.29, 1.82) is 0 Å². The molecule has 0 spiro atoms. The molecule has 1 fully saturated rings. The number of halogens is 3. The van der Waals surface area contributed by atoms with Crippen molar-refractivity contribution in [3.8, 4) is 5.75 Å². The zero-order valence-electron chi connectivity index (χ0n) is 18.8. The van der Waals surface area contributed by atoms with E-state index in [1.807, 2.05) is 13.0 Å². The van der Waals surface area contributed by atoms with E-state index in [9.17, 15) is 13.2 Å². The molecule has 1 atom stereocenters. The molecule has 2 aromatic heterocycles. The van der Waals surface area contributed by atoms with E-state index in [-0.39, 0.29) is 18.2 Å². The summed E-state index contributed by atoms with van der Waals surface area (Å²) in [5.41, 5.74) is 1.20. The van der Waals surface area contributed by atoms with E-state index in [2.05, 4.69) is 30.2 Å². The molecule has 0 saturated carbocycles. The molecule has 0 radical (unpaired) electrons. The molecular formula is C23H24F3N7O. The van der Waals surface area contributed by atoms with E-state index in [4.69, 9.17) is 4.74 Å². The zero-order chi connectivity index (χ0) is 23.8. The molecule has 0 aliphatic carbocycles. The summed E-state index contributed by atoms with van der Waals surface area (Å²) < 4.78 is 46.7. The maximum absolute atomic E-state index is 13.8. The molecule has 178 valence electrons. The van der Waals surface area contributed by atoms with Gasteiger partial charge in [0, 0.05) is 37.9 Å². The number of likely N-dealkylation sites (N-methyl/N-ethyl adjacent to an activating group) is 1. The highest BCUT2D eigenvalue weighted by Gasteiger charge is 2.30. The number of benzene rings is 1. The fraction of sp³-hybridized carbons (Fsp3) is 0.391. The average molecular weight is 471 g/mol. The molecule has 2 aliphatic heterocycles. The van der Waals surface area contributed by atoms with Gasteiger partial charge in [0.05, 0.1) is 12.2 Å². The Bertz CT molecular complexity index is 1180. The summed E-state index contributed by atoms with van der Waals surface area (Å²) in [5, 5.41) is 3.38. The van der Waals surface area contributed by atoms with Crippen LogP contribution in [0.15, 0.2) is 30.7 Å². The molecule has 0 bridgehead atoms. The summed E-state index contributed by atoms with van der Waals surface area (Å²) in [4.78, 5) is 21.5. The predicted octanol–water partition coefficient (Wildman–Crippen LogP) is 3.64. The molecule has 2 aliphatic rings. The number of fused-ring (bicyclic) bond motifs is 1. The van der Waals surface area contributed by atoms with Crippen LogP contribution in [-0.4, -0.2) is 52.7 Å². The van der Waals surface area contributed by atoms with Crippen molar-refractivity contribution in [2.24, 2.45) is 0 Å². The van der Waals surface area contributed by atoms with Crippen LogP contribution in [0, 0.1) is 24.4 Å². The third-order valence-corrected chi connectivity index (χ3v) is 6.27. The number of hydrogen-bond donors (Lipinski definition) is 1. The number of ether oxygens (including phenoxy) is 1. The van der Waals surface area contributed by atoms with E-state index < -0.39 is 23.5 Å². The number of aromatic nitrogens is 4. The van der Waals surface area contributed by atoms with Gasteiger partial charge in [0.25, 0.3) is 0 Å². The Labute approximate surface area is 194 Å². The molecule has 5 rings (SSSR count). The zero-order valence-corrected chi connectivity index (χ0v) is 18.8. The van der Waals surface area contributed by atoms with Crippen LogP contribution < -0.4 is 19.9 Å². The summed E-state index contributed by atoms with van der Waals surface area (Å²) in [7, 11) is 1.75. The Kier molecular flexibility index (Phi) is 5.84. The number of anilines is 3. The second-order valence-corrected chi connectivity index (χ2v) is 8.54. The second-order valence-electron chi connectivity index (χ2n) is 8.54. The van der Waals surface area contributed by atoms with Crippen LogP contribution >= 0.6 is 0 Å². The molecule has 0 amide bonds. The number of nitrogens with one attached hydrogen (secondary N) is 1.